The summed E-state index contributed by atoms with van der Waals surface area (Å²) in [4.78, 5) is 5.31. The average Bonchev–Trinajstić information content (AvgIpc) is 2.98. The number of piperidine rings is 1. The van der Waals surface area contributed by atoms with Crippen LogP contribution in [0.4, 0.5) is 5.69 Å². The summed E-state index contributed by atoms with van der Waals surface area (Å²) >= 11 is 0. The SMILES string of the molecule is Cc1ccc(N2CCC(N3CCCCC3)C2)c(CCN)c1. The van der Waals surface area contributed by atoms with Gasteiger partial charge in [0.15, 0.2) is 0 Å². The van der Waals surface area contributed by atoms with Crippen molar-refractivity contribution in [1.82, 2.24) is 4.90 Å². The van der Waals surface area contributed by atoms with Gasteiger partial charge in [0.2, 0.25) is 0 Å². The highest BCUT2D eigenvalue weighted by Gasteiger charge is 2.29. The van der Waals surface area contributed by atoms with E-state index in [0.29, 0.717) is 0 Å². The number of anilines is 1. The monoisotopic (exact) mass is 287 g/mol. The predicted molar refractivity (Wildman–Crippen MR) is 90.0 cm³/mol. The average molecular weight is 287 g/mol. The molecule has 0 amide bonds. The van der Waals surface area contributed by atoms with Gasteiger partial charge in [0.25, 0.3) is 0 Å². The van der Waals surface area contributed by atoms with Crippen LogP contribution in [0.25, 0.3) is 0 Å². The van der Waals surface area contributed by atoms with E-state index >= 15 is 0 Å². The third-order valence-corrected chi connectivity index (χ3v) is 5.06. The first-order valence-corrected chi connectivity index (χ1v) is 8.56. The van der Waals surface area contributed by atoms with Gasteiger partial charge in [0, 0.05) is 24.8 Å². The Kier molecular flexibility index (Phi) is 4.81. The summed E-state index contributed by atoms with van der Waals surface area (Å²) in [6.07, 6.45) is 6.50. The van der Waals surface area contributed by atoms with E-state index in [1.54, 1.807) is 0 Å². The molecule has 0 saturated carbocycles. The molecule has 0 aromatic heterocycles. The Morgan fingerprint density at radius 2 is 1.95 bits per heavy atom. The van der Waals surface area contributed by atoms with E-state index in [0.717, 1.165) is 19.0 Å². The van der Waals surface area contributed by atoms with Crippen LogP contribution in [0.1, 0.15) is 36.8 Å². The van der Waals surface area contributed by atoms with Crippen LogP contribution in [0.3, 0.4) is 0 Å². The Morgan fingerprint density at radius 1 is 1.14 bits per heavy atom. The second-order valence-corrected chi connectivity index (χ2v) is 6.66. The molecule has 2 fully saturated rings. The van der Waals surface area contributed by atoms with E-state index in [-0.39, 0.29) is 0 Å². The predicted octanol–water partition coefficient (Wildman–Crippen LogP) is 2.56. The lowest BCUT2D eigenvalue weighted by Gasteiger charge is -2.32. The molecule has 21 heavy (non-hydrogen) atoms. The van der Waals surface area contributed by atoms with Crippen molar-refractivity contribution in [2.45, 2.75) is 45.1 Å². The molecule has 2 N–H and O–H groups in total. The highest BCUT2D eigenvalue weighted by atomic mass is 15.3. The molecule has 0 radical (unpaired) electrons. The van der Waals surface area contributed by atoms with Gasteiger partial charge in [-0.15, -0.1) is 0 Å². The molecule has 1 atom stereocenters. The number of rotatable bonds is 4. The molecule has 0 aliphatic carbocycles. The minimum atomic E-state index is 0.736. The van der Waals surface area contributed by atoms with Crippen molar-refractivity contribution in [1.29, 1.82) is 0 Å². The minimum Gasteiger partial charge on any atom is -0.370 e. The Labute approximate surface area is 129 Å². The van der Waals surface area contributed by atoms with Crippen molar-refractivity contribution in [3.05, 3.63) is 29.3 Å². The Hall–Kier alpha value is -1.06. The number of likely N-dealkylation sites (tertiary alicyclic amines) is 1. The Morgan fingerprint density at radius 3 is 2.71 bits per heavy atom. The molecule has 1 aromatic rings. The molecule has 3 rings (SSSR count). The summed E-state index contributed by atoms with van der Waals surface area (Å²) in [5.41, 5.74) is 9.99. The Bertz CT molecular complexity index is 466. The summed E-state index contributed by atoms with van der Waals surface area (Å²) in [5, 5.41) is 0. The van der Waals surface area contributed by atoms with Crippen LogP contribution in [0.15, 0.2) is 18.2 Å². The van der Waals surface area contributed by atoms with Gasteiger partial charge < -0.3 is 10.6 Å². The van der Waals surface area contributed by atoms with Crippen LogP contribution in [0, 0.1) is 6.92 Å². The summed E-state index contributed by atoms with van der Waals surface area (Å²) in [6, 6.07) is 7.62. The third kappa shape index (κ3) is 3.41. The molecule has 2 aliphatic rings. The maximum Gasteiger partial charge on any atom is 0.0399 e. The molecule has 1 aromatic carbocycles. The van der Waals surface area contributed by atoms with Crippen molar-refractivity contribution in [2.24, 2.45) is 5.73 Å². The maximum absolute atomic E-state index is 5.80. The second kappa shape index (κ2) is 6.80. The van der Waals surface area contributed by atoms with Crippen molar-refractivity contribution < 1.29 is 0 Å². The van der Waals surface area contributed by atoms with E-state index in [9.17, 15) is 0 Å². The number of benzene rings is 1. The fourth-order valence-corrected chi connectivity index (χ4v) is 3.92. The normalized spacial score (nSPS) is 23.7. The quantitative estimate of drug-likeness (QED) is 0.924. The standard InChI is InChI=1S/C18H29N3/c1-15-5-6-18(16(13-15)7-9-19)21-12-8-17(14-21)20-10-3-2-4-11-20/h5-6,13,17H,2-4,7-12,14,19H2,1H3. The zero-order valence-corrected chi connectivity index (χ0v) is 13.4. The molecular formula is C18H29N3. The molecule has 0 spiro atoms. The largest absolute Gasteiger partial charge is 0.370 e. The van der Waals surface area contributed by atoms with E-state index in [1.165, 1.54) is 68.7 Å². The molecule has 1 unspecified atom stereocenters. The fraction of sp³-hybridized carbons (Fsp3) is 0.667. The summed E-state index contributed by atoms with van der Waals surface area (Å²) < 4.78 is 0. The van der Waals surface area contributed by atoms with Crippen LogP contribution < -0.4 is 10.6 Å². The van der Waals surface area contributed by atoms with Gasteiger partial charge in [-0.25, -0.2) is 0 Å². The first-order valence-electron chi connectivity index (χ1n) is 8.56. The molecular weight excluding hydrogens is 258 g/mol. The van der Waals surface area contributed by atoms with Crippen molar-refractivity contribution in [3.63, 3.8) is 0 Å². The van der Waals surface area contributed by atoms with Crippen LogP contribution in [-0.2, 0) is 6.42 Å². The molecule has 3 nitrogen and oxygen atoms in total. The zero-order chi connectivity index (χ0) is 14.7. The van der Waals surface area contributed by atoms with Gasteiger partial charge in [-0.3, -0.25) is 4.90 Å². The van der Waals surface area contributed by atoms with Crippen LogP contribution in [0.5, 0.6) is 0 Å². The number of hydrogen-bond acceptors (Lipinski definition) is 3. The molecule has 2 saturated heterocycles. The van der Waals surface area contributed by atoms with Crippen LogP contribution in [-0.4, -0.2) is 43.7 Å². The number of nitrogens with two attached hydrogens (primary N) is 1. The van der Waals surface area contributed by atoms with Gasteiger partial charge in [0.05, 0.1) is 0 Å². The zero-order valence-electron chi connectivity index (χ0n) is 13.4. The minimum absolute atomic E-state index is 0.736. The maximum atomic E-state index is 5.80. The van der Waals surface area contributed by atoms with Gasteiger partial charge in [0.1, 0.15) is 0 Å². The summed E-state index contributed by atoms with van der Waals surface area (Å²) in [7, 11) is 0. The molecule has 2 heterocycles. The fourth-order valence-electron chi connectivity index (χ4n) is 3.92. The van der Waals surface area contributed by atoms with Gasteiger partial charge in [-0.1, -0.05) is 24.1 Å². The lowest BCUT2D eigenvalue weighted by atomic mass is 10.1. The van der Waals surface area contributed by atoms with Crippen LogP contribution >= 0.6 is 0 Å². The highest BCUT2D eigenvalue weighted by Crippen LogP contribution is 2.28. The second-order valence-electron chi connectivity index (χ2n) is 6.66. The number of aryl methyl sites for hydroxylation is 1. The number of hydrogen-bond donors (Lipinski definition) is 1. The molecule has 2 aliphatic heterocycles. The smallest absolute Gasteiger partial charge is 0.0399 e. The molecule has 0 bridgehead atoms. The van der Waals surface area contributed by atoms with Crippen molar-refractivity contribution in [3.8, 4) is 0 Å². The lowest BCUT2D eigenvalue weighted by Crippen LogP contribution is -2.41. The van der Waals surface area contributed by atoms with Gasteiger partial charge in [-0.05, 0) is 63.9 Å². The third-order valence-electron chi connectivity index (χ3n) is 5.06. The summed E-state index contributed by atoms with van der Waals surface area (Å²) in [5.74, 6) is 0. The summed E-state index contributed by atoms with van der Waals surface area (Å²) in [6.45, 7) is 7.91. The van der Waals surface area contributed by atoms with Gasteiger partial charge >= 0.3 is 0 Å². The van der Waals surface area contributed by atoms with E-state index < -0.39 is 0 Å². The molecule has 3 heteroatoms. The topological polar surface area (TPSA) is 32.5 Å². The van der Waals surface area contributed by atoms with Crippen molar-refractivity contribution >= 4 is 5.69 Å². The Balaban J connectivity index is 1.70. The van der Waals surface area contributed by atoms with E-state index in [2.05, 4.69) is 34.9 Å². The molecule has 116 valence electrons. The first-order chi connectivity index (χ1) is 10.3. The first kappa shape index (κ1) is 14.9. The van der Waals surface area contributed by atoms with E-state index in [4.69, 9.17) is 5.73 Å². The lowest BCUT2D eigenvalue weighted by molar-refractivity contribution is 0.175. The van der Waals surface area contributed by atoms with Gasteiger partial charge in [-0.2, -0.15) is 0 Å². The highest BCUT2D eigenvalue weighted by molar-refractivity contribution is 5.56. The number of nitrogens with zero attached hydrogens (tertiary/aromatic N) is 2. The van der Waals surface area contributed by atoms with E-state index in [1.807, 2.05) is 0 Å². The van der Waals surface area contributed by atoms with Crippen molar-refractivity contribution in [2.75, 3.05) is 37.6 Å². The van der Waals surface area contributed by atoms with Crippen LogP contribution in [0.2, 0.25) is 0 Å².